The zero-order valence-electron chi connectivity index (χ0n) is 9.15. The van der Waals surface area contributed by atoms with Gasteiger partial charge in [-0.1, -0.05) is 0 Å². The van der Waals surface area contributed by atoms with Crippen LogP contribution in [0.15, 0.2) is 18.6 Å². The van der Waals surface area contributed by atoms with Crippen LogP contribution in [0.1, 0.15) is 5.69 Å². The highest BCUT2D eigenvalue weighted by atomic mass is 16.4. The van der Waals surface area contributed by atoms with Crippen LogP contribution in [0.5, 0.6) is 0 Å². The number of aliphatic hydroxyl groups excluding tert-OH is 1. The van der Waals surface area contributed by atoms with E-state index in [0.717, 1.165) is 0 Å². The molecule has 4 N–H and O–H groups in total. The molecule has 1 amide bonds. The predicted octanol–water partition coefficient (Wildman–Crippen LogP) is -0.767. The van der Waals surface area contributed by atoms with Crippen LogP contribution >= 0.6 is 0 Å². The first-order valence-corrected chi connectivity index (χ1v) is 5.22. The van der Waals surface area contributed by atoms with Crippen molar-refractivity contribution in [3.05, 3.63) is 24.3 Å². The third-order valence-corrected chi connectivity index (χ3v) is 3.15. The first-order valence-electron chi connectivity index (χ1n) is 5.22. The van der Waals surface area contributed by atoms with Crippen molar-refractivity contribution in [2.45, 2.75) is 5.54 Å². The topological polar surface area (TPSA) is 113 Å². The summed E-state index contributed by atoms with van der Waals surface area (Å²) in [4.78, 5) is 20.2. The van der Waals surface area contributed by atoms with E-state index in [-0.39, 0.29) is 25.6 Å². The standard InChI is InChI=1S/C10H14N4O3/c11-10(8-3-12-1-2-13-8)6-14(9(16)17)4-7(10)5-15/h1-3,7,15H,4-6,11H2,(H,16,17). The Morgan fingerprint density at radius 3 is 2.94 bits per heavy atom. The second kappa shape index (κ2) is 4.27. The van der Waals surface area contributed by atoms with Gasteiger partial charge in [0.25, 0.3) is 0 Å². The minimum Gasteiger partial charge on any atom is -0.465 e. The normalized spacial score (nSPS) is 28.4. The molecule has 7 heteroatoms. The van der Waals surface area contributed by atoms with Gasteiger partial charge in [-0.3, -0.25) is 9.97 Å². The van der Waals surface area contributed by atoms with Gasteiger partial charge in [0.1, 0.15) is 0 Å². The van der Waals surface area contributed by atoms with Crippen LogP contribution in [0.4, 0.5) is 4.79 Å². The minimum atomic E-state index is -1.04. The van der Waals surface area contributed by atoms with E-state index in [1.54, 1.807) is 0 Å². The summed E-state index contributed by atoms with van der Waals surface area (Å²) in [5.74, 6) is -0.365. The lowest BCUT2D eigenvalue weighted by Crippen LogP contribution is -2.47. The number of hydrogen-bond acceptors (Lipinski definition) is 5. The zero-order chi connectivity index (χ0) is 12.5. The van der Waals surface area contributed by atoms with Gasteiger partial charge in [0.05, 0.1) is 17.4 Å². The van der Waals surface area contributed by atoms with Crippen LogP contribution in [-0.4, -0.2) is 50.9 Å². The number of rotatable bonds is 2. The number of hydrogen-bond donors (Lipinski definition) is 3. The van der Waals surface area contributed by atoms with Crippen LogP contribution in [-0.2, 0) is 5.54 Å². The smallest absolute Gasteiger partial charge is 0.407 e. The molecule has 1 aliphatic rings. The number of amides is 1. The summed E-state index contributed by atoms with van der Waals surface area (Å²) in [6.07, 6.45) is 3.49. The van der Waals surface area contributed by atoms with Gasteiger partial charge in [-0.05, 0) is 0 Å². The SMILES string of the molecule is NC1(c2cnccn2)CN(C(=O)O)CC1CO. The Balaban J connectivity index is 2.32. The number of aromatic nitrogens is 2. The van der Waals surface area contributed by atoms with E-state index in [9.17, 15) is 9.90 Å². The molecule has 17 heavy (non-hydrogen) atoms. The number of likely N-dealkylation sites (tertiary alicyclic amines) is 1. The summed E-state index contributed by atoms with van der Waals surface area (Å²) in [6.45, 7) is 0.141. The molecule has 1 aromatic rings. The van der Waals surface area contributed by atoms with Crippen LogP contribution < -0.4 is 5.73 Å². The molecule has 92 valence electrons. The van der Waals surface area contributed by atoms with Crippen molar-refractivity contribution in [1.29, 1.82) is 0 Å². The molecular weight excluding hydrogens is 224 g/mol. The highest BCUT2D eigenvalue weighted by Gasteiger charge is 2.47. The average Bonchev–Trinajstić information content (AvgIpc) is 2.69. The number of nitrogens with zero attached hydrogens (tertiary/aromatic N) is 3. The van der Waals surface area contributed by atoms with E-state index < -0.39 is 11.6 Å². The van der Waals surface area contributed by atoms with Crippen LogP contribution in [0, 0.1) is 5.92 Å². The first-order chi connectivity index (χ1) is 8.08. The molecule has 2 atom stereocenters. The van der Waals surface area contributed by atoms with E-state index in [2.05, 4.69) is 9.97 Å². The molecular formula is C10H14N4O3. The summed E-state index contributed by atoms with van der Waals surface area (Å²) < 4.78 is 0. The fourth-order valence-electron chi connectivity index (χ4n) is 2.13. The Hall–Kier alpha value is -1.73. The summed E-state index contributed by atoms with van der Waals surface area (Å²) in [7, 11) is 0. The Bertz CT molecular complexity index is 413. The Labute approximate surface area is 97.9 Å². The van der Waals surface area contributed by atoms with Gasteiger partial charge in [0.2, 0.25) is 0 Å². The monoisotopic (exact) mass is 238 g/mol. The van der Waals surface area contributed by atoms with Crippen LogP contribution in [0.3, 0.4) is 0 Å². The lowest BCUT2D eigenvalue weighted by atomic mass is 9.86. The molecule has 0 aromatic carbocycles. The van der Waals surface area contributed by atoms with Crippen molar-refractivity contribution < 1.29 is 15.0 Å². The molecule has 0 saturated carbocycles. The van der Waals surface area contributed by atoms with Crippen LogP contribution in [0.2, 0.25) is 0 Å². The van der Waals surface area contributed by atoms with Gasteiger partial charge in [0, 0.05) is 38.0 Å². The summed E-state index contributed by atoms with van der Waals surface area (Å²) >= 11 is 0. The fourth-order valence-corrected chi connectivity index (χ4v) is 2.13. The number of aliphatic hydroxyl groups is 1. The van der Waals surface area contributed by atoms with Crippen molar-refractivity contribution in [1.82, 2.24) is 14.9 Å². The highest BCUT2D eigenvalue weighted by molar-refractivity contribution is 5.65. The molecule has 0 bridgehead atoms. The molecule has 1 fully saturated rings. The molecule has 0 spiro atoms. The third kappa shape index (κ3) is 1.94. The molecule has 1 aromatic heterocycles. The lowest BCUT2D eigenvalue weighted by Gasteiger charge is -2.27. The fraction of sp³-hybridized carbons (Fsp3) is 0.500. The van der Waals surface area contributed by atoms with Gasteiger partial charge in [-0.15, -0.1) is 0 Å². The molecule has 2 rings (SSSR count). The second-order valence-electron chi connectivity index (χ2n) is 4.17. The molecule has 1 saturated heterocycles. The molecule has 1 aliphatic heterocycles. The summed E-state index contributed by atoms with van der Waals surface area (Å²) in [5, 5.41) is 18.3. The molecule has 0 radical (unpaired) electrons. The van der Waals surface area contributed by atoms with E-state index in [1.807, 2.05) is 0 Å². The Morgan fingerprint density at radius 2 is 2.41 bits per heavy atom. The maximum Gasteiger partial charge on any atom is 0.407 e. The van der Waals surface area contributed by atoms with Crippen LogP contribution in [0.25, 0.3) is 0 Å². The zero-order valence-corrected chi connectivity index (χ0v) is 9.15. The number of carbonyl (C=O) groups is 1. The third-order valence-electron chi connectivity index (χ3n) is 3.15. The second-order valence-corrected chi connectivity index (χ2v) is 4.17. The molecule has 7 nitrogen and oxygen atoms in total. The Kier molecular flexibility index (Phi) is 2.95. The molecule has 0 aliphatic carbocycles. The van der Waals surface area contributed by atoms with E-state index in [1.165, 1.54) is 23.5 Å². The number of nitrogens with two attached hydrogens (primary N) is 1. The first kappa shape index (κ1) is 11.7. The van der Waals surface area contributed by atoms with Gasteiger partial charge >= 0.3 is 6.09 Å². The largest absolute Gasteiger partial charge is 0.465 e. The van der Waals surface area contributed by atoms with Crippen molar-refractivity contribution >= 4 is 6.09 Å². The van der Waals surface area contributed by atoms with Crippen molar-refractivity contribution in [2.75, 3.05) is 19.7 Å². The van der Waals surface area contributed by atoms with Gasteiger partial charge in [0.15, 0.2) is 0 Å². The average molecular weight is 238 g/mol. The highest BCUT2D eigenvalue weighted by Crippen LogP contribution is 2.32. The summed E-state index contributed by atoms with van der Waals surface area (Å²) in [5.41, 5.74) is 5.73. The predicted molar refractivity (Wildman–Crippen MR) is 58.1 cm³/mol. The van der Waals surface area contributed by atoms with Crippen molar-refractivity contribution in [2.24, 2.45) is 11.7 Å². The molecule has 2 heterocycles. The lowest BCUT2D eigenvalue weighted by molar-refractivity contribution is 0.150. The van der Waals surface area contributed by atoms with Crippen molar-refractivity contribution in [3.8, 4) is 0 Å². The number of carboxylic acid groups (broad SMARTS) is 1. The van der Waals surface area contributed by atoms with Gasteiger partial charge in [-0.2, -0.15) is 0 Å². The minimum absolute atomic E-state index is 0.117. The maximum absolute atomic E-state index is 10.9. The maximum atomic E-state index is 10.9. The molecule has 2 unspecified atom stereocenters. The van der Waals surface area contributed by atoms with E-state index in [4.69, 9.17) is 10.8 Å². The van der Waals surface area contributed by atoms with Gasteiger partial charge < -0.3 is 20.8 Å². The van der Waals surface area contributed by atoms with Gasteiger partial charge in [-0.25, -0.2) is 4.79 Å². The summed E-state index contributed by atoms with van der Waals surface area (Å²) in [6, 6.07) is 0. The quantitative estimate of drug-likeness (QED) is 0.623. The van der Waals surface area contributed by atoms with Crippen molar-refractivity contribution in [3.63, 3.8) is 0 Å². The Morgan fingerprint density at radius 1 is 1.65 bits per heavy atom. The van der Waals surface area contributed by atoms with E-state index >= 15 is 0 Å². The van der Waals surface area contributed by atoms with E-state index in [0.29, 0.717) is 5.69 Å².